The molecule has 1 fully saturated rings. The van der Waals surface area contributed by atoms with Crippen LogP contribution in [-0.2, 0) is 20.9 Å². The largest absolute Gasteiger partial charge is 0.459 e. The van der Waals surface area contributed by atoms with Crippen LogP contribution in [0.15, 0.2) is 60.7 Å². The monoisotopic (exact) mass is 366 g/mol. The molecule has 0 saturated carbocycles. The van der Waals surface area contributed by atoms with Crippen molar-refractivity contribution in [1.82, 2.24) is 9.80 Å². The molecule has 0 N–H and O–H groups in total. The van der Waals surface area contributed by atoms with Crippen molar-refractivity contribution in [2.75, 3.05) is 7.05 Å². The number of hydrogen-bond donors (Lipinski definition) is 0. The van der Waals surface area contributed by atoms with Gasteiger partial charge in [-0.3, -0.25) is 14.5 Å². The molecule has 0 unspecified atom stereocenters. The molecule has 138 valence electrons. The third-order valence-corrected chi connectivity index (χ3v) is 4.28. The maximum atomic E-state index is 12.8. The zero-order valence-corrected chi connectivity index (χ0v) is 14.7. The molecular formula is C20H18N2O5. The highest BCUT2D eigenvalue weighted by molar-refractivity contribution is 6.12. The number of carbonyl (C=O) groups excluding carboxylic acids is 4. The Balaban J connectivity index is 1.83. The van der Waals surface area contributed by atoms with Crippen LogP contribution in [-0.4, -0.2) is 46.7 Å². The molecule has 1 heterocycles. The highest BCUT2D eigenvalue weighted by atomic mass is 16.5. The predicted molar refractivity (Wildman–Crippen MR) is 95.4 cm³/mol. The van der Waals surface area contributed by atoms with Gasteiger partial charge in [0.1, 0.15) is 12.6 Å². The molecule has 0 aromatic heterocycles. The van der Waals surface area contributed by atoms with Crippen LogP contribution >= 0.6 is 0 Å². The van der Waals surface area contributed by atoms with E-state index in [1.807, 2.05) is 6.07 Å². The van der Waals surface area contributed by atoms with Crippen molar-refractivity contribution >= 4 is 23.8 Å². The summed E-state index contributed by atoms with van der Waals surface area (Å²) < 4.78 is 5.26. The number of benzene rings is 2. The lowest BCUT2D eigenvalue weighted by molar-refractivity contribution is -0.154. The lowest BCUT2D eigenvalue weighted by Crippen LogP contribution is -2.60. The summed E-state index contributed by atoms with van der Waals surface area (Å²) in [5, 5.41) is 0. The van der Waals surface area contributed by atoms with Crippen molar-refractivity contribution < 1.29 is 23.9 Å². The normalized spacial score (nSPS) is 17.0. The SMILES string of the molecule is CN1C(=O)C[C@@H](C(=O)OCc2ccccc2)N(C(=O)c2ccccc2)C1=O. The minimum absolute atomic E-state index is 0.0121. The lowest BCUT2D eigenvalue weighted by atomic mass is 10.1. The second-order valence-corrected chi connectivity index (χ2v) is 6.09. The van der Waals surface area contributed by atoms with Gasteiger partial charge in [-0.15, -0.1) is 0 Å². The molecule has 0 radical (unpaired) electrons. The van der Waals surface area contributed by atoms with Gasteiger partial charge in [-0.05, 0) is 17.7 Å². The summed E-state index contributed by atoms with van der Waals surface area (Å²) in [6.07, 6.45) is -0.311. The fourth-order valence-corrected chi connectivity index (χ4v) is 2.76. The Labute approximate surface area is 156 Å². The molecule has 3 rings (SSSR count). The highest BCUT2D eigenvalue weighted by Gasteiger charge is 2.45. The van der Waals surface area contributed by atoms with Crippen molar-refractivity contribution in [2.24, 2.45) is 0 Å². The van der Waals surface area contributed by atoms with Crippen LogP contribution in [0.5, 0.6) is 0 Å². The van der Waals surface area contributed by atoms with Gasteiger partial charge in [-0.25, -0.2) is 14.5 Å². The van der Waals surface area contributed by atoms with Gasteiger partial charge in [0.15, 0.2) is 0 Å². The topological polar surface area (TPSA) is 84.0 Å². The average Bonchev–Trinajstić information content (AvgIpc) is 2.71. The van der Waals surface area contributed by atoms with E-state index in [1.54, 1.807) is 54.6 Å². The van der Waals surface area contributed by atoms with E-state index in [9.17, 15) is 19.2 Å². The predicted octanol–water partition coefficient (Wildman–Crippen LogP) is 2.22. The first kappa shape index (κ1) is 18.3. The third-order valence-electron chi connectivity index (χ3n) is 4.28. The standard InChI is InChI=1S/C20H18N2O5/c1-21-17(23)12-16(19(25)27-13-14-8-4-2-5-9-14)22(20(21)26)18(24)15-10-6-3-7-11-15/h2-11,16H,12-13H2,1H3/t16-/m0/s1. The first-order chi connectivity index (χ1) is 13.0. The van der Waals surface area contributed by atoms with Crippen LogP contribution in [0.25, 0.3) is 0 Å². The van der Waals surface area contributed by atoms with Crippen molar-refractivity contribution in [2.45, 2.75) is 19.1 Å². The summed E-state index contributed by atoms with van der Waals surface area (Å²) in [5.74, 6) is -1.99. The van der Waals surface area contributed by atoms with Gasteiger partial charge in [0.05, 0.1) is 6.42 Å². The van der Waals surface area contributed by atoms with Crippen LogP contribution in [0.1, 0.15) is 22.3 Å². The van der Waals surface area contributed by atoms with E-state index in [4.69, 9.17) is 4.74 Å². The number of urea groups is 1. The Bertz CT molecular complexity index is 866. The van der Waals surface area contributed by atoms with Gasteiger partial charge in [0.2, 0.25) is 5.91 Å². The summed E-state index contributed by atoms with van der Waals surface area (Å²) in [7, 11) is 1.28. The van der Waals surface area contributed by atoms with Crippen molar-refractivity contribution in [3.05, 3.63) is 71.8 Å². The van der Waals surface area contributed by atoms with E-state index < -0.39 is 29.9 Å². The Kier molecular flexibility index (Phi) is 5.30. The number of imide groups is 2. The molecule has 0 bridgehead atoms. The van der Waals surface area contributed by atoms with E-state index in [2.05, 4.69) is 0 Å². The van der Waals surface area contributed by atoms with E-state index in [0.717, 1.165) is 15.4 Å². The number of amides is 4. The molecule has 1 aliphatic heterocycles. The molecule has 2 aromatic rings. The van der Waals surface area contributed by atoms with Crippen LogP contribution in [0.2, 0.25) is 0 Å². The molecule has 27 heavy (non-hydrogen) atoms. The molecule has 7 heteroatoms. The van der Waals surface area contributed by atoms with Crippen molar-refractivity contribution in [1.29, 1.82) is 0 Å². The number of rotatable bonds is 4. The lowest BCUT2D eigenvalue weighted by Gasteiger charge is -2.35. The van der Waals surface area contributed by atoms with Gasteiger partial charge in [0, 0.05) is 12.6 Å². The molecule has 1 atom stereocenters. The molecule has 2 aromatic carbocycles. The second-order valence-electron chi connectivity index (χ2n) is 6.09. The quantitative estimate of drug-likeness (QED) is 0.775. The van der Waals surface area contributed by atoms with Gasteiger partial charge >= 0.3 is 12.0 Å². The first-order valence-electron chi connectivity index (χ1n) is 8.38. The maximum absolute atomic E-state index is 12.8. The minimum Gasteiger partial charge on any atom is -0.459 e. The van der Waals surface area contributed by atoms with Crippen LogP contribution in [0.4, 0.5) is 4.79 Å². The first-order valence-corrected chi connectivity index (χ1v) is 8.38. The summed E-state index contributed by atoms with van der Waals surface area (Å²) in [5.41, 5.74) is 1.01. The van der Waals surface area contributed by atoms with Crippen LogP contribution in [0, 0.1) is 0 Å². The number of carbonyl (C=O) groups is 4. The van der Waals surface area contributed by atoms with Crippen molar-refractivity contribution in [3.8, 4) is 0 Å². The Morgan fingerprint density at radius 2 is 1.59 bits per heavy atom. The maximum Gasteiger partial charge on any atom is 0.334 e. The number of hydrogen-bond acceptors (Lipinski definition) is 5. The van der Waals surface area contributed by atoms with Crippen molar-refractivity contribution in [3.63, 3.8) is 0 Å². The smallest absolute Gasteiger partial charge is 0.334 e. The fourth-order valence-electron chi connectivity index (χ4n) is 2.76. The molecule has 0 aliphatic carbocycles. The highest BCUT2D eigenvalue weighted by Crippen LogP contribution is 2.21. The summed E-state index contributed by atoms with van der Waals surface area (Å²) >= 11 is 0. The summed E-state index contributed by atoms with van der Waals surface area (Å²) in [4.78, 5) is 51.6. The van der Waals surface area contributed by atoms with E-state index >= 15 is 0 Å². The van der Waals surface area contributed by atoms with Gasteiger partial charge in [-0.1, -0.05) is 48.5 Å². The van der Waals surface area contributed by atoms with Crippen LogP contribution in [0.3, 0.4) is 0 Å². The third kappa shape index (κ3) is 3.87. The average molecular weight is 366 g/mol. The molecular weight excluding hydrogens is 348 g/mol. The Morgan fingerprint density at radius 3 is 2.22 bits per heavy atom. The molecule has 1 saturated heterocycles. The summed E-state index contributed by atoms with van der Waals surface area (Å²) in [6, 6.07) is 15.0. The molecule has 7 nitrogen and oxygen atoms in total. The number of esters is 1. The fraction of sp³-hybridized carbons (Fsp3) is 0.200. The van der Waals surface area contributed by atoms with Crippen LogP contribution < -0.4 is 0 Å². The Morgan fingerprint density at radius 1 is 1.00 bits per heavy atom. The van der Waals surface area contributed by atoms with Gasteiger partial charge in [0.25, 0.3) is 5.91 Å². The van der Waals surface area contributed by atoms with E-state index in [1.165, 1.54) is 7.05 Å². The second kappa shape index (κ2) is 7.82. The van der Waals surface area contributed by atoms with Gasteiger partial charge < -0.3 is 4.74 Å². The van der Waals surface area contributed by atoms with E-state index in [0.29, 0.717) is 0 Å². The minimum atomic E-state index is -1.29. The van der Waals surface area contributed by atoms with E-state index in [-0.39, 0.29) is 18.6 Å². The molecule has 0 spiro atoms. The molecule has 4 amide bonds. The zero-order chi connectivity index (χ0) is 19.4. The Hall–Kier alpha value is -3.48. The molecule has 1 aliphatic rings. The number of nitrogens with zero attached hydrogens (tertiary/aromatic N) is 2. The van der Waals surface area contributed by atoms with Gasteiger partial charge in [-0.2, -0.15) is 0 Å². The summed E-state index contributed by atoms with van der Waals surface area (Å²) in [6.45, 7) is -0.0121. The zero-order valence-electron chi connectivity index (χ0n) is 14.7. The number of ether oxygens (including phenoxy) is 1.